The predicted octanol–water partition coefficient (Wildman–Crippen LogP) is 8.80. The summed E-state index contributed by atoms with van der Waals surface area (Å²) < 4.78 is 0. The van der Waals surface area contributed by atoms with Gasteiger partial charge in [-0.15, -0.1) is 0 Å². The van der Waals surface area contributed by atoms with E-state index in [1.807, 2.05) is 0 Å². The minimum atomic E-state index is -2.12. The van der Waals surface area contributed by atoms with Gasteiger partial charge in [0.25, 0.3) is 0 Å². The summed E-state index contributed by atoms with van der Waals surface area (Å²) >= 11 is 0. The van der Waals surface area contributed by atoms with E-state index in [4.69, 9.17) is 0 Å². The highest BCUT2D eigenvalue weighted by atomic mass is 28.3. The van der Waals surface area contributed by atoms with Crippen LogP contribution in [0.2, 0.25) is 26.2 Å². The molecule has 4 aromatic rings. The molecule has 0 aliphatic carbocycles. The molecule has 0 amide bonds. The van der Waals surface area contributed by atoms with Crippen molar-refractivity contribution >= 4 is 36.9 Å². The first-order chi connectivity index (χ1) is 16.4. The summed E-state index contributed by atoms with van der Waals surface area (Å²) in [6, 6.07) is 44.7. The number of rotatable bonds is 4. The molecule has 1 aliphatic rings. The molecule has 1 heterocycles. The molecule has 0 saturated heterocycles. The molecule has 2 heteroatoms. The van der Waals surface area contributed by atoms with Gasteiger partial charge in [-0.3, -0.25) is 0 Å². The number of hydrogen-bond donors (Lipinski definition) is 0. The van der Waals surface area contributed by atoms with Gasteiger partial charge in [-0.1, -0.05) is 148 Å². The molecular weight excluding hydrogens is 441 g/mol. The predicted molar refractivity (Wildman–Crippen MR) is 154 cm³/mol. The summed E-state index contributed by atoms with van der Waals surface area (Å²) in [5, 5.41) is 6.42. The Labute approximate surface area is 206 Å². The molecule has 0 radical (unpaired) electrons. The lowest BCUT2D eigenvalue weighted by molar-refractivity contribution is 1.55. The van der Waals surface area contributed by atoms with Crippen molar-refractivity contribution in [2.75, 3.05) is 0 Å². The van der Waals surface area contributed by atoms with Gasteiger partial charge < -0.3 is 0 Å². The smallest absolute Gasteiger partial charge is 0.0622 e. The van der Waals surface area contributed by atoms with Gasteiger partial charge >= 0.3 is 0 Å². The van der Waals surface area contributed by atoms with Crippen LogP contribution >= 0.6 is 0 Å². The highest BCUT2D eigenvalue weighted by Gasteiger charge is 2.48. The molecule has 0 fully saturated rings. The lowest BCUT2D eigenvalue weighted by Crippen LogP contribution is -2.45. The number of hydrogen-bond acceptors (Lipinski definition) is 0. The van der Waals surface area contributed by atoms with E-state index in [1.54, 1.807) is 20.8 Å². The zero-order valence-corrected chi connectivity index (χ0v) is 22.5. The van der Waals surface area contributed by atoms with Crippen molar-refractivity contribution in [3.63, 3.8) is 0 Å². The van der Waals surface area contributed by atoms with Crippen LogP contribution in [0.25, 0.3) is 20.8 Å². The Kier molecular flexibility index (Phi) is 5.89. The SMILES string of the molecule is C[Si]1(C)C(c2ccccc2)=C(c2ccccc2)[Si](C)(C)C(c2ccccc2)=C1c1ccccc1. The van der Waals surface area contributed by atoms with Gasteiger partial charge in [-0.25, -0.2) is 0 Å². The van der Waals surface area contributed by atoms with Crippen molar-refractivity contribution in [2.45, 2.75) is 26.2 Å². The van der Waals surface area contributed by atoms with E-state index < -0.39 is 16.1 Å². The summed E-state index contributed by atoms with van der Waals surface area (Å²) in [6.45, 7) is 10.3. The molecule has 168 valence electrons. The van der Waals surface area contributed by atoms with Crippen molar-refractivity contribution in [1.82, 2.24) is 0 Å². The van der Waals surface area contributed by atoms with Crippen molar-refractivity contribution in [3.05, 3.63) is 144 Å². The summed E-state index contributed by atoms with van der Waals surface area (Å²) in [5.41, 5.74) is 5.55. The summed E-state index contributed by atoms with van der Waals surface area (Å²) in [4.78, 5) is 0. The maximum absolute atomic E-state index is 2.56. The second-order valence-corrected chi connectivity index (χ2v) is 18.7. The van der Waals surface area contributed by atoms with Gasteiger partial charge in [0.2, 0.25) is 0 Å². The zero-order valence-electron chi connectivity index (χ0n) is 20.5. The van der Waals surface area contributed by atoms with Crippen molar-refractivity contribution in [2.24, 2.45) is 0 Å². The zero-order chi connectivity index (χ0) is 23.8. The Bertz CT molecular complexity index is 1140. The van der Waals surface area contributed by atoms with Crippen LogP contribution in [0.15, 0.2) is 121 Å². The minimum Gasteiger partial charge on any atom is -0.0622 e. The lowest BCUT2D eigenvalue weighted by atomic mass is 10.1. The van der Waals surface area contributed by atoms with Crippen molar-refractivity contribution in [1.29, 1.82) is 0 Å². The Morgan fingerprint density at radius 2 is 0.471 bits per heavy atom. The van der Waals surface area contributed by atoms with Crippen LogP contribution in [-0.2, 0) is 0 Å². The van der Waals surface area contributed by atoms with Crippen LogP contribution in [0.1, 0.15) is 22.3 Å². The van der Waals surface area contributed by atoms with Crippen LogP contribution in [0.5, 0.6) is 0 Å². The quantitative estimate of drug-likeness (QED) is 0.260. The third-order valence-corrected chi connectivity index (χ3v) is 14.9. The second kappa shape index (κ2) is 8.86. The third-order valence-electron chi connectivity index (χ3n) is 7.25. The molecule has 0 atom stereocenters. The second-order valence-electron chi connectivity index (χ2n) is 10.2. The molecule has 0 aromatic heterocycles. The highest BCUT2D eigenvalue weighted by Crippen LogP contribution is 2.54. The molecule has 34 heavy (non-hydrogen) atoms. The Balaban J connectivity index is 1.94. The molecule has 0 nitrogen and oxygen atoms in total. The van der Waals surface area contributed by atoms with E-state index in [2.05, 4.69) is 148 Å². The molecule has 0 spiro atoms. The average molecular weight is 473 g/mol. The first kappa shape index (κ1) is 22.6. The third kappa shape index (κ3) is 3.77. The van der Waals surface area contributed by atoms with Gasteiger partial charge in [-0.2, -0.15) is 0 Å². The molecule has 0 saturated carbocycles. The van der Waals surface area contributed by atoms with Crippen LogP contribution in [0.3, 0.4) is 0 Å². The molecule has 0 bridgehead atoms. The summed E-state index contributed by atoms with van der Waals surface area (Å²) in [6.07, 6.45) is 0. The normalized spacial score (nSPS) is 17.1. The molecule has 0 N–H and O–H groups in total. The standard InChI is InChI=1S/C32H32Si2/c1-33(2)29(25-17-9-5-10-18-25)31(27-21-13-7-14-22-27)34(3,4)32(28-23-15-8-16-24-28)30(33)26-19-11-6-12-20-26/h5-24H,1-4H3. The Hall–Kier alpha value is -3.21. The molecule has 0 unspecified atom stereocenters. The van der Waals surface area contributed by atoms with Gasteiger partial charge in [0.1, 0.15) is 16.1 Å². The van der Waals surface area contributed by atoms with Gasteiger partial charge in [0.05, 0.1) is 0 Å². The Morgan fingerprint density at radius 1 is 0.294 bits per heavy atom. The largest absolute Gasteiger partial charge is 0.113 e. The van der Waals surface area contributed by atoms with E-state index in [1.165, 1.54) is 22.3 Å². The minimum absolute atomic E-state index is 1.39. The fraction of sp³-hybridized carbons (Fsp3) is 0.125. The summed E-state index contributed by atoms with van der Waals surface area (Å²) in [5.74, 6) is 0. The van der Waals surface area contributed by atoms with E-state index in [0.29, 0.717) is 0 Å². The molecule has 1 aliphatic heterocycles. The van der Waals surface area contributed by atoms with Crippen molar-refractivity contribution in [3.8, 4) is 0 Å². The first-order valence-electron chi connectivity index (χ1n) is 12.1. The van der Waals surface area contributed by atoms with Gasteiger partial charge in [0.15, 0.2) is 0 Å². The fourth-order valence-electron chi connectivity index (χ4n) is 5.94. The molecule has 4 aromatic carbocycles. The average Bonchev–Trinajstić information content (AvgIpc) is 2.86. The maximum Gasteiger partial charge on any atom is 0.113 e. The lowest BCUT2D eigenvalue weighted by Gasteiger charge is -2.46. The molecule has 5 rings (SSSR count). The van der Waals surface area contributed by atoms with E-state index >= 15 is 0 Å². The maximum atomic E-state index is 2.56. The van der Waals surface area contributed by atoms with Crippen LogP contribution in [0.4, 0.5) is 0 Å². The van der Waals surface area contributed by atoms with Gasteiger partial charge in [0, 0.05) is 0 Å². The van der Waals surface area contributed by atoms with Gasteiger partial charge in [-0.05, 0) is 43.0 Å². The van der Waals surface area contributed by atoms with E-state index in [9.17, 15) is 0 Å². The Morgan fingerprint density at radius 3 is 0.647 bits per heavy atom. The van der Waals surface area contributed by atoms with E-state index in [-0.39, 0.29) is 0 Å². The van der Waals surface area contributed by atoms with Crippen LogP contribution < -0.4 is 0 Å². The fourth-order valence-corrected chi connectivity index (χ4v) is 16.8. The highest BCUT2D eigenvalue weighted by molar-refractivity contribution is 7.24. The topological polar surface area (TPSA) is 0 Å². The van der Waals surface area contributed by atoms with Crippen LogP contribution in [-0.4, -0.2) is 16.1 Å². The number of benzene rings is 4. The monoisotopic (exact) mass is 472 g/mol. The molecular formula is C32H32Si2. The van der Waals surface area contributed by atoms with Crippen LogP contribution in [0, 0.1) is 0 Å². The summed E-state index contributed by atoms with van der Waals surface area (Å²) in [7, 11) is -4.24. The van der Waals surface area contributed by atoms with E-state index in [0.717, 1.165) is 0 Å². The van der Waals surface area contributed by atoms with Crippen molar-refractivity contribution < 1.29 is 0 Å². The first-order valence-corrected chi connectivity index (χ1v) is 18.1.